The highest BCUT2D eigenvalue weighted by Gasteiger charge is 2.17. The van der Waals surface area contributed by atoms with Crippen LogP contribution in [0.4, 0.5) is 0 Å². The van der Waals surface area contributed by atoms with Crippen LogP contribution in [-0.2, 0) is 11.2 Å². The molecule has 0 spiro atoms. The Morgan fingerprint density at radius 2 is 1.34 bits per heavy atom. The monoisotopic (exact) mass is 448 g/mol. The van der Waals surface area contributed by atoms with Gasteiger partial charge in [0.05, 0.1) is 6.61 Å². The summed E-state index contributed by atoms with van der Waals surface area (Å²) in [6.07, 6.45) is 11.5. The van der Waals surface area contributed by atoms with Crippen molar-refractivity contribution in [2.24, 2.45) is 0 Å². The fourth-order valence-corrected chi connectivity index (χ4v) is 5.16. The van der Waals surface area contributed by atoms with E-state index in [0.717, 1.165) is 6.42 Å². The van der Waals surface area contributed by atoms with E-state index in [4.69, 9.17) is 4.74 Å². The molecule has 0 aliphatic carbocycles. The predicted octanol–water partition coefficient (Wildman–Crippen LogP) is 8.94. The van der Waals surface area contributed by atoms with Gasteiger partial charge >= 0.3 is 5.97 Å². The van der Waals surface area contributed by atoms with Crippen LogP contribution in [0.25, 0.3) is 21.6 Å². The number of unbranched alkanes of at least 4 members (excludes halogenated alkanes) is 7. The topological polar surface area (TPSA) is 26.3 Å². The first-order valence-corrected chi connectivity index (χ1v) is 13.0. The molecule has 0 bridgehead atoms. The zero-order chi connectivity index (χ0) is 22.6. The van der Waals surface area contributed by atoms with Gasteiger partial charge in [0.2, 0.25) is 0 Å². The number of aryl methyl sites for hydroxylation is 1. The third-order valence-corrected chi connectivity index (χ3v) is 7.05. The number of esters is 1. The third-order valence-electron chi connectivity index (χ3n) is 5.84. The van der Waals surface area contributed by atoms with E-state index in [1.807, 2.05) is 13.0 Å². The van der Waals surface area contributed by atoms with E-state index in [0.29, 0.717) is 11.5 Å². The van der Waals surface area contributed by atoms with Gasteiger partial charge in [-0.3, -0.25) is 0 Å². The molecule has 0 fully saturated rings. The van der Waals surface area contributed by atoms with Crippen LogP contribution < -0.4 is 0 Å². The van der Waals surface area contributed by atoms with E-state index in [1.165, 1.54) is 78.5 Å². The number of carbonyl (C=O) groups is 1. The molecule has 32 heavy (non-hydrogen) atoms. The van der Waals surface area contributed by atoms with Gasteiger partial charge in [0.15, 0.2) is 0 Å². The molecule has 0 N–H and O–H groups in total. The highest BCUT2D eigenvalue weighted by atomic mass is 32.1. The summed E-state index contributed by atoms with van der Waals surface area (Å²) >= 11 is 1.57. The summed E-state index contributed by atoms with van der Waals surface area (Å²) in [5, 5.41) is 0. The number of hydrogen-bond acceptors (Lipinski definition) is 3. The summed E-state index contributed by atoms with van der Waals surface area (Å²) < 4.78 is 5.27. The molecule has 170 valence electrons. The van der Waals surface area contributed by atoms with Gasteiger partial charge in [-0.1, -0.05) is 106 Å². The van der Waals surface area contributed by atoms with Gasteiger partial charge in [-0.05, 0) is 48.1 Å². The Hall–Kier alpha value is -2.39. The Bertz CT molecular complexity index is 941. The first-order chi connectivity index (χ1) is 15.7. The lowest BCUT2D eigenvalue weighted by molar-refractivity contribution is 0.0532. The molecule has 3 rings (SSSR count). The quantitative estimate of drug-likeness (QED) is 0.193. The van der Waals surface area contributed by atoms with E-state index >= 15 is 0 Å². The molecule has 1 aromatic heterocycles. The maximum atomic E-state index is 12.4. The first kappa shape index (κ1) is 24.3. The maximum Gasteiger partial charge on any atom is 0.348 e. The van der Waals surface area contributed by atoms with Crippen molar-refractivity contribution in [3.63, 3.8) is 0 Å². The Morgan fingerprint density at radius 1 is 0.750 bits per heavy atom. The van der Waals surface area contributed by atoms with Crippen molar-refractivity contribution in [1.82, 2.24) is 0 Å². The second-order valence-corrected chi connectivity index (χ2v) is 9.41. The number of hydrogen-bond donors (Lipinski definition) is 0. The molecular formula is C29H36O2S. The largest absolute Gasteiger partial charge is 0.462 e. The van der Waals surface area contributed by atoms with Crippen molar-refractivity contribution in [2.75, 3.05) is 6.61 Å². The third kappa shape index (κ3) is 7.06. The maximum absolute atomic E-state index is 12.4. The van der Waals surface area contributed by atoms with Gasteiger partial charge in [-0.15, -0.1) is 11.3 Å². The van der Waals surface area contributed by atoms with Crippen molar-refractivity contribution in [2.45, 2.75) is 71.6 Å². The Morgan fingerprint density at radius 3 is 2.00 bits per heavy atom. The lowest BCUT2D eigenvalue weighted by Crippen LogP contribution is -2.01. The molecule has 3 aromatic rings. The number of benzene rings is 2. The van der Waals surface area contributed by atoms with Crippen molar-refractivity contribution < 1.29 is 9.53 Å². The average molecular weight is 449 g/mol. The molecule has 0 radical (unpaired) electrons. The highest BCUT2D eigenvalue weighted by molar-refractivity contribution is 7.17. The SMILES string of the molecule is CCCCCCCCCCc1cc(C(=O)OCC)sc1-c1ccc(-c2ccccc2)cc1. The van der Waals surface area contributed by atoms with Crippen molar-refractivity contribution >= 4 is 17.3 Å². The van der Waals surface area contributed by atoms with Crippen molar-refractivity contribution in [3.05, 3.63) is 71.1 Å². The van der Waals surface area contributed by atoms with Crippen LogP contribution in [-0.4, -0.2) is 12.6 Å². The molecule has 0 atom stereocenters. The standard InChI is InChI=1S/C29H36O2S/c1-3-5-6-7-8-9-10-12-17-26-22-27(29(30)31-4-2)32-28(26)25-20-18-24(19-21-25)23-15-13-11-14-16-23/h11,13-16,18-22H,3-10,12,17H2,1-2H3. The highest BCUT2D eigenvalue weighted by Crippen LogP contribution is 2.35. The first-order valence-electron chi connectivity index (χ1n) is 12.2. The zero-order valence-electron chi connectivity index (χ0n) is 19.6. The average Bonchev–Trinajstić information content (AvgIpc) is 3.26. The van der Waals surface area contributed by atoms with Gasteiger partial charge in [0.1, 0.15) is 4.88 Å². The fourth-order valence-electron chi connectivity index (χ4n) is 4.06. The summed E-state index contributed by atoms with van der Waals surface area (Å²) in [5.74, 6) is -0.207. The number of rotatable bonds is 13. The molecule has 0 aliphatic rings. The summed E-state index contributed by atoms with van der Waals surface area (Å²) in [7, 11) is 0. The number of carbonyl (C=O) groups excluding carboxylic acids is 1. The molecule has 2 nitrogen and oxygen atoms in total. The van der Waals surface area contributed by atoms with Crippen LogP contribution in [0, 0.1) is 0 Å². The van der Waals surface area contributed by atoms with Crippen LogP contribution in [0.3, 0.4) is 0 Å². The minimum atomic E-state index is -0.207. The molecule has 1 heterocycles. The molecule has 0 amide bonds. The van der Waals surface area contributed by atoms with E-state index in [9.17, 15) is 4.79 Å². The van der Waals surface area contributed by atoms with Gasteiger partial charge < -0.3 is 4.74 Å². The Balaban J connectivity index is 1.68. The summed E-state index contributed by atoms with van der Waals surface area (Å²) in [6, 6.07) is 21.2. The number of thiophene rings is 1. The second kappa shape index (κ2) is 13.2. The molecular weight excluding hydrogens is 412 g/mol. The van der Waals surface area contributed by atoms with Crippen LogP contribution in [0.5, 0.6) is 0 Å². The normalized spacial score (nSPS) is 10.9. The van der Waals surface area contributed by atoms with E-state index in [-0.39, 0.29) is 5.97 Å². The zero-order valence-corrected chi connectivity index (χ0v) is 20.4. The Kier molecular flexibility index (Phi) is 10.0. The fraction of sp³-hybridized carbons (Fsp3) is 0.414. The summed E-state index contributed by atoms with van der Waals surface area (Å²) in [6.45, 7) is 4.53. The Labute approximate surface area is 197 Å². The smallest absolute Gasteiger partial charge is 0.348 e. The van der Waals surface area contributed by atoms with Crippen LogP contribution in [0.15, 0.2) is 60.7 Å². The summed E-state index contributed by atoms with van der Waals surface area (Å²) in [5.41, 5.74) is 4.88. The minimum Gasteiger partial charge on any atom is -0.462 e. The molecule has 3 heteroatoms. The molecule has 0 saturated carbocycles. The molecule has 0 unspecified atom stereocenters. The van der Waals surface area contributed by atoms with E-state index < -0.39 is 0 Å². The van der Waals surface area contributed by atoms with E-state index in [1.54, 1.807) is 11.3 Å². The van der Waals surface area contributed by atoms with Gasteiger partial charge in [0, 0.05) is 4.88 Å². The van der Waals surface area contributed by atoms with Crippen LogP contribution in [0.2, 0.25) is 0 Å². The van der Waals surface area contributed by atoms with Crippen molar-refractivity contribution in [3.8, 4) is 21.6 Å². The van der Waals surface area contributed by atoms with Crippen LogP contribution >= 0.6 is 11.3 Å². The second-order valence-electron chi connectivity index (χ2n) is 8.35. The lowest BCUT2D eigenvalue weighted by atomic mass is 10.00. The molecule has 0 aliphatic heterocycles. The summed E-state index contributed by atoms with van der Waals surface area (Å²) in [4.78, 5) is 14.3. The molecule has 0 saturated heterocycles. The minimum absolute atomic E-state index is 0.207. The number of ether oxygens (including phenoxy) is 1. The predicted molar refractivity (Wildman–Crippen MR) is 137 cm³/mol. The molecule has 2 aromatic carbocycles. The van der Waals surface area contributed by atoms with Gasteiger partial charge in [-0.25, -0.2) is 4.79 Å². The van der Waals surface area contributed by atoms with Gasteiger partial charge in [0.25, 0.3) is 0 Å². The lowest BCUT2D eigenvalue weighted by Gasteiger charge is -2.07. The van der Waals surface area contributed by atoms with Gasteiger partial charge in [-0.2, -0.15) is 0 Å². The van der Waals surface area contributed by atoms with Crippen LogP contribution in [0.1, 0.15) is 80.4 Å². The van der Waals surface area contributed by atoms with Crippen molar-refractivity contribution in [1.29, 1.82) is 0 Å². The van der Waals surface area contributed by atoms with E-state index in [2.05, 4.69) is 61.5 Å².